The maximum absolute atomic E-state index is 12.4. The van der Waals surface area contributed by atoms with Crippen molar-refractivity contribution in [2.45, 2.75) is 45.8 Å². The lowest BCUT2D eigenvalue weighted by atomic mass is 10.0. The quantitative estimate of drug-likeness (QED) is 0.530. The van der Waals surface area contributed by atoms with Crippen molar-refractivity contribution in [3.63, 3.8) is 0 Å². The van der Waals surface area contributed by atoms with E-state index in [9.17, 15) is 13.2 Å². The second-order valence-corrected chi connectivity index (χ2v) is 10.2. The van der Waals surface area contributed by atoms with Crippen molar-refractivity contribution in [3.05, 3.63) is 71.8 Å². The number of nitrogens with zero attached hydrogens (tertiary/aromatic N) is 1. The third kappa shape index (κ3) is 9.98. The third-order valence-corrected chi connectivity index (χ3v) is 6.31. The molecule has 2 aromatic rings. The minimum atomic E-state index is -3.31. The van der Waals surface area contributed by atoms with Gasteiger partial charge in [0.1, 0.15) is 6.61 Å². The maximum atomic E-state index is 12.4. The highest BCUT2D eigenvalue weighted by Crippen LogP contribution is 2.11. The fraction of sp³-hybridized carbons (Fsp3) is 0.458. The van der Waals surface area contributed by atoms with Gasteiger partial charge in [-0.15, -0.1) is 0 Å². The van der Waals surface area contributed by atoms with Crippen LogP contribution in [0.25, 0.3) is 0 Å². The van der Waals surface area contributed by atoms with Gasteiger partial charge in [-0.05, 0) is 36.3 Å². The average molecular weight is 447 g/mol. The first kappa shape index (κ1) is 24.9. The Hall–Kier alpha value is -2.38. The first-order valence-electron chi connectivity index (χ1n) is 10.7. The highest BCUT2D eigenvalue weighted by molar-refractivity contribution is 7.88. The van der Waals surface area contributed by atoms with Gasteiger partial charge in [-0.2, -0.15) is 0 Å². The molecule has 7 heteroatoms. The Morgan fingerprint density at radius 3 is 2.03 bits per heavy atom. The summed E-state index contributed by atoms with van der Waals surface area (Å²) < 4.78 is 31.3. The zero-order chi connectivity index (χ0) is 22.7. The SMILES string of the molecule is CC(C)CCN(CC[C@H](Cc1ccccc1)NC(=O)OCc1ccccc1)S(C)(=O)=O. The van der Waals surface area contributed by atoms with Crippen molar-refractivity contribution in [1.29, 1.82) is 0 Å². The molecule has 170 valence electrons. The summed E-state index contributed by atoms with van der Waals surface area (Å²) in [7, 11) is -3.31. The van der Waals surface area contributed by atoms with Crippen LogP contribution in [-0.2, 0) is 27.8 Å². The third-order valence-electron chi connectivity index (χ3n) is 5.01. The van der Waals surface area contributed by atoms with Gasteiger partial charge in [-0.1, -0.05) is 74.5 Å². The van der Waals surface area contributed by atoms with E-state index >= 15 is 0 Å². The predicted octanol–water partition coefficient (Wildman–Crippen LogP) is 4.22. The fourth-order valence-electron chi connectivity index (χ4n) is 3.20. The van der Waals surface area contributed by atoms with E-state index in [1.807, 2.05) is 60.7 Å². The number of amides is 1. The molecule has 0 saturated carbocycles. The second kappa shape index (κ2) is 12.5. The van der Waals surface area contributed by atoms with E-state index in [4.69, 9.17) is 4.74 Å². The molecule has 31 heavy (non-hydrogen) atoms. The van der Waals surface area contributed by atoms with Crippen molar-refractivity contribution < 1.29 is 17.9 Å². The molecule has 0 saturated heterocycles. The monoisotopic (exact) mass is 446 g/mol. The number of carbonyl (C=O) groups excluding carboxylic acids is 1. The number of ether oxygens (including phenoxy) is 1. The zero-order valence-corrected chi connectivity index (χ0v) is 19.5. The maximum Gasteiger partial charge on any atom is 0.407 e. The standard InChI is InChI=1S/C24H34N2O4S/c1-20(2)14-16-26(31(3,28)29)17-15-23(18-21-10-6-4-7-11-21)25-24(27)30-19-22-12-8-5-9-13-22/h4-13,20,23H,14-19H2,1-3H3,(H,25,27)/t23-/m1/s1. The molecule has 2 rings (SSSR count). The van der Waals surface area contributed by atoms with Gasteiger partial charge in [0.15, 0.2) is 0 Å². The van der Waals surface area contributed by atoms with Gasteiger partial charge in [0, 0.05) is 19.1 Å². The van der Waals surface area contributed by atoms with E-state index in [0.717, 1.165) is 17.5 Å². The largest absolute Gasteiger partial charge is 0.445 e. The summed E-state index contributed by atoms with van der Waals surface area (Å²) in [4.78, 5) is 12.4. The summed E-state index contributed by atoms with van der Waals surface area (Å²) in [6, 6.07) is 19.1. The Bertz CT molecular complexity index is 886. The predicted molar refractivity (Wildman–Crippen MR) is 124 cm³/mol. The normalized spacial score (nSPS) is 12.7. The number of carbonyl (C=O) groups is 1. The lowest BCUT2D eigenvalue weighted by Gasteiger charge is -2.25. The Morgan fingerprint density at radius 2 is 1.48 bits per heavy atom. The molecule has 0 bridgehead atoms. The fourth-order valence-corrected chi connectivity index (χ4v) is 4.07. The van der Waals surface area contributed by atoms with Crippen molar-refractivity contribution >= 4 is 16.1 Å². The summed E-state index contributed by atoms with van der Waals surface area (Å²) in [5.74, 6) is 0.412. The summed E-state index contributed by atoms with van der Waals surface area (Å²) in [6.07, 6.45) is 2.63. The molecule has 0 aromatic heterocycles. The van der Waals surface area contributed by atoms with Gasteiger partial charge >= 0.3 is 6.09 Å². The van der Waals surface area contributed by atoms with E-state index in [1.165, 1.54) is 10.6 Å². The van der Waals surface area contributed by atoms with Crippen LogP contribution < -0.4 is 5.32 Å². The molecule has 0 unspecified atom stereocenters. The topological polar surface area (TPSA) is 75.7 Å². The Morgan fingerprint density at radius 1 is 0.935 bits per heavy atom. The van der Waals surface area contributed by atoms with Gasteiger partial charge in [0.25, 0.3) is 0 Å². The van der Waals surface area contributed by atoms with Crippen LogP contribution in [-0.4, -0.2) is 44.2 Å². The van der Waals surface area contributed by atoms with Crippen LogP contribution in [0.4, 0.5) is 4.79 Å². The van der Waals surface area contributed by atoms with Crippen LogP contribution >= 0.6 is 0 Å². The highest BCUT2D eigenvalue weighted by atomic mass is 32.2. The van der Waals surface area contributed by atoms with Crippen LogP contribution in [0.1, 0.15) is 37.8 Å². The molecule has 1 N–H and O–H groups in total. The number of alkyl carbamates (subject to hydrolysis) is 1. The Balaban J connectivity index is 2.00. The van der Waals surface area contributed by atoms with E-state index in [2.05, 4.69) is 19.2 Å². The molecule has 2 aromatic carbocycles. The number of rotatable bonds is 12. The van der Waals surface area contributed by atoms with E-state index < -0.39 is 16.1 Å². The van der Waals surface area contributed by atoms with Gasteiger partial charge < -0.3 is 10.1 Å². The van der Waals surface area contributed by atoms with E-state index in [-0.39, 0.29) is 12.6 Å². The molecule has 1 amide bonds. The number of nitrogens with one attached hydrogen (secondary N) is 1. The second-order valence-electron chi connectivity index (χ2n) is 8.23. The lowest BCUT2D eigenvalue weighted by Crippen LogP contribution is -2.41. The molecule has 0 aliphatic rings. The van der Waals surface area contributed by atoms with Crippen LogP contribution in [0.3, 0.4) is 0 Å². The Labute approximate surface area is 186 Å². The van der Waals surface area contributed by atoms with Crippen LogP contribution in [0.5, 0.6) is 0 Å². The minimum Gasteiger partial charge on any atom is -0.445 e. The summed E-state index contributed by atoms with van der Waals surface area (Å²) >= 11 is 0. The highest BCUT2D eigenvalue weighted by Gasteiger charge is 2.21. The first-order valence-corrected chi connectivity index (χ1v) is 12.5. The van der Waals surface area contributed by atoms with Gasteiger partial charge in [0.2, 0.25) is 10.0 Å². The van der Waals surface area contributed by atoms with Crippen LogP contribution in [0.15, 0.2) is 60.7 Å². The number of sulfonamides is 1. The Kier molecular flexibility index (Phi) is 10.0. The zero-order valence-electron chi connectivity index (χ0n) is 18.7. The summed E-state index contributed by atoms with van der Waals surface area (Å²) in [6.45, 7) is 5.16. The van der Waals surface area contributed by atoms with Crippen LogP contribution in [0.2, 0.25) is 0 Å². The van der Waals surface area contributed by atoms with Gasteiger partial charge in [0.05, 0.1) is 6.26 Å². The molecule has 0 aliphatic carbocycles. The number of hydrogen-bond donors (Lipinski definition) is 1. The van der Waals surface area contributed by atoms with Crippen molar-refractivity contribution in [3.8, 4) is 0 Å². The molecule has 6 nitrogen and oxygen atoms in total. The summed E-state index contributed by atoms with van der Waals surface area (Å²) in [5, 5.41) is 2.92. The molecular formula is C24H34N2O4S. The van der Waals surface area contributed by atoms with Crippen molar-refractivity contribution in [1.82, 2.24) is 9.62 Å². The first-order chi connectivity index (χ1) is 14.7. The average Bonchev–Trinajstić information content (AvgIpc) is 2.72. The molecule has 0 fully saturated rings. The van der Waals surface area contributed by atoms with Gasteiger partial charge in [-0.25, -0.2) is 17.5 Å². The molecule has 0 aliphatic heterocycles. The van der Waals surface area contributed by atoms with E-state index in [0.29, 0.717) is 31.8 Å². The van der Waals surface area contributed by atoms with Crippen LogP contribution in [0, 0.1) is 5.92 Å². The number of benzene rings is 2. The van der Waals surface area contributed by atoms with Gasteiger partial charge in [-0.3, -0.25) is 0 Å². The molecular weight excluding hydrogens is 412 g/mol. The minimum absolute atomic E-state index is 0.189. The smallest absolute Gasteiger partial charge is 0.407 e. The molecule has 0 spiro atoms. The van der Waals surface area contributed by atoms with E-state index in [1.54, 1.807) is 0 Å². The van der Waals surface area contributed by atoms with Crippen molar-refractivity contribution in [2.75, 3.05) is 19.3 Å². The van der Waals surface area contributed by atoms with Crippen molar-refractivity contribution in [2.24, 2.45) is 5.92 Å². The molecule has 0 heterocycles. The molecule has 0 radical (unpaired) electrons. The summed E-state index contributed by atoms with van der Waals surface area (Å²) in [5.41, 5.74) is 1.98. The molecule has 1 atom stereocenters. The number of hydrogen-bond acceptors (Lipinski definition) is 4. The lowest BCUT2D eigenvalue weighted by molar-refractivity contribution is 0.134.